The number of fused-ring (bicyclic) bond motifs is 1. The summed E-state index contributed by atoms with van der Waals surface area (Å²) in [6, 6.07) is 1.95. The lowest BCUT2D eigenvalue weighted by molar-refractivity contribution is -0.122. The van der Waals surface area contributed by atoms with Crippen LogP contribution in [0.1, 0.15) is 60.1 Å². The fourth-order valence-electron chi connectivity index (χ4n) is 3.91. The molecule has 150 valence electrons. The van der Waals surface area contributed by atoms with Crippen molar-refractivity contribution in [2.75, 3.05) is 11.5 Å². The molecule has 1 aromatic rings. The zero-order valence-corrected chi connectivity index (χ0v) is 17.8. The fourth-order valence-corrected chi connectivity index (χ4v) is 6.87. The maximum absolute atomic E-state index is 12.4. The molecule has 0 bridgehead atoms. The summed E-state index contributed by atoms with van der Waals surface area (Å²) in [6.07, 6.45) is 3.76. The Bertz CT molecular complexity index is 836. The van der Waals surface area contributed by atoms with Gasteiger partial charge in [-0.25, -0.2) is 8.42 Å². The van der Waals surface area contributed by atoms with Gasteiger partial charge >= 0.3 is 0 Å². The van der Waals surface area contributed by atoms with Crippen LogP contribution in [0.25, 0.3) is 0 Å². The lowest BCUT2D eigenvalue weighted by Crippen LogP contribution is -2.42. The van der Waals surface area contributed by atoms with Crippen LogP contribution in [-0.4, -0.2) is 31.7 Å². The molecule has 1 fully saturated rings. The van der Waals surface area contributed by atoms with Gasteiger partial charge in [0.1, 0.15) is 0 Å². The monoisotopic (exact) mass is 412 g/mol. The predicted octanol–water partition coefficient (Wildman–Crippen LogP) is 2.48. The third kappa shape index (κ3) is 5.10. The van der Waals surface area contributed by atoms with Gasteiger partial charge < -0.3 is 0 Å². The van der Waals surface area contributed by atoms with Crippen LogP contribution < -0.4 is 10.9 Å². The molecule has 2 atom stereocenters. The van der Waals surface area contributed by atoms with E-state index in [0.717, 1.165) is 19.3 Å². The maximum atomic E-state index is 12.4. The molecule has 2 amide bonds. The molecule has 0 radical (unpaired) electrons. The number of nitrogens with one attached hydrogen (secondary N) is 2. The number of sulfone groups is 1. The normalized spacial score (nSPS) is 24.3. The molecule has 2 heterocycles. The molecular formula is C19H28N2O4S2. The zero-order valence-electron chi connectivity index (χ0n) is 16.1. The first kappa shape index (κ1) is 20.3. The molecule has 8 heteroatoms. The van der Waals surface area contributed by atoms with Gasteiger partial charge in [-0.1, -0.05) is 20.8 Å². The molecule has 1 aliphatic carbocycles. The average molecular weight is 413 g/mol. The minimum absolute atomic E-state index is 0.0565. The van der Waals surface area contributed by atoms with Gasteiger partial charge in [0.05, 0.1) is 16.4 Å². The van der Waals surface area contributed by atoms with Gasteiger partial charge in [-0.05, 0) is 54.6 Å². The second kappa shape index (κ2) is 7.54. The highest BCUT2D eigenvalue weighted by Crippen LogP contribution is 2.40. The highest BCUT2D eigenvalue weighted by molar-refractivity contribution is 7.91. The number of aryl methyl sites for hydroxylation is 1. The summed E-state index contributed by atoms with van der Waals surface area (Å²) in [5, 5.41) is 0. The van der Waals surface area contributed by atoms with Crippen molar-refractivity contribution in [3.8, 4) is 0 Å². The van der Waals surface area contributed by atoms with Crippen molar-refractivity contribution in [1.29, 1.82) is 0 Å². The lowest BCUT2D eigenvalue weighted by atomic mass is 9.72. The van der Waals surface area contributed by atoms with Crippen LogP contribution in [0.4, 0.5) is 0 Å². The zero-order chi connectivity index (χ0) is 19.8. The molecule has 1 aromatic heterocycles. The molecule has 2 aliphatic rings. The van der Waals surface area contributed by atoms with E-state index in [-0.39, 0.29) is 41.1 Å². The smallest absolute Gasteiger partial charge is 0.273 e. The van der Waals surface area contributed by atoms with E-state index in [2.05, 4.69) is 31.6 Å². The Balaban J connectivity index is 1.52. The molecule has 27 heavy (non-hydrogen) atoms. The van der Waals surface area contributed by atoms with Gasteiger partial charge in [0.25, 0.3) is 5.91 Å². The Hall–Kier alpha value is -1.41. The second-order valence-electron chi connectivity index (χ2n) is 8.84. The first-order valence-electron chi connectivity index (χ1n) is 9.45. The summed E-state index contributed by atoms with van der Waals surface area (Å²) in [5.74, 6) is -0.00367. The van der Waals surface area contributed by atoms with E-state index in [1.165, 1.54) is 21.8 Å². The van der Waals surface area contributed by atoms with Gasteiger partial charge in [-0.15, -0.1) is 11.3 Å². The molecule has 1 aliphatic heterocycles. The van der Waals surface area contributed by atoms with Crippen molar-refractivity contribution in [1.82, 2.24) is 10.9 Å². The highest BCUT2D eigenvalue weighted by Gasteiger charge is 2.31. The van der Waals surface area contributed by atoms with Gasteiger partial charge in [-0.3, -0.25) is 20.4 Å². The van der Waals surface area contributed by atoms with Crippen molar-refractivity contribution in [3.63, 3.8) is 0 Å². The van der Waals surface area contributed by atoms with E-state index >= 15 is 0 Å². The minimum Gasteiger partial charge on any atom is -0.273 e. The Morgan fingerprint density at radius 1 is 1.22 bits per heavy atom. The molecule has 0 unspecified atom stereocenters. The van der Waals surface area contributed by atoms with Crippen LogP contribution in [-0.2, 0) is 27.5 Å². The Morgan fingerprint density at radius 2 is 1.96 bits per heavy atom. The molecule has 0 aromatic carbocycles. The Morgan fingerprint density at radius 3 is 2.59 bits per heavy atom. The van der Waals surface area contributed by atoms with Crippen molar-refractivity contribution in [2.24, 2.45) is 17.3 Å². The van der Waals surface area contributed by atoms with Crippen LogP contribution >= 0.6 is 11.3 Å². The third-order valence-electron chi connectivity index (χ3n) is 5.65. The Labute approximate surface area is 165 Å². The van der Waals surface area contributed by atoms with Crippen molar-refractivity contribution < 1.29 is 18.0 Å². The summed E-state index contributed by atoms with van der Waals surface area (Å²) >= 11 is 1.50. The van der Waals surface area contributed by atoms with E-state index in [9.17, 15) is 18.0 Å². The number of carbonyl (C=O) groups excluding carboxylic acids is 2. The molecule has 0 saturated carbocycles. The maximum Gasteiger partial charge on any atom is 0.279 e. The van der Waals surface area contributed by atoms with Crippen molar-refractivity contribution in [2.45, 2.75) is 52.9 Å². The van der Waals surface area contributed by atoms with E-state index in [1.54, 1.807) is 0 Å². The first-order valence-corrected chi connectivity index (χ1v) is 12.1. The minimum atomic E-state index is -3.00. The number of amides is 2. The summed E-state index contributed by atoms with van der Waals surface area (Å²) in [7, 11) is -3.00. The second-order valence-corrected chi connectivity index (χ2v) is 12.2. The van der Waals surface area contributed by atoms with E-state index in [0.29, 0.717) is 17.2 Å². The van der Waals surface area contributed by atoms with E-state index < -0.39 is 9.84 Å². The molecule has 1 saturated heterocycles. The summed E-state index contributed by atoms with van der Waals surface area (Å²) in [5.41, 5.74) is 6.39. The topological polar surface area (TPSA) is 92.3 Å². The number of thiophene rings is 1. The number of hydrogen-bond donors (Lipinski definition) is 2. The standard InChI is InChI=1S/C19H28N2O4S2/c1-19(2,3)14-4-5-15-13(9-14)10-16(26-15)18(23)21-20-17(22)8-12-6-7-27(24,25)11-12/h10,12,14H,4-9,11H2,1-3H3,(H,20,22)(H,21,23)/t12-,14+/m1/s1. The van der Waals surface area contributed by atoms with Gasteiger partial charge in [0, 0.05) is 11.3 Å². The van der Waals surface area contributed by atoms with Crippen LogP contribution in [0.15, 0.2) is 6.07 Å². The molecule has 6 nitrogen and oxygen atoms in total. The van der Waals surface area contributed by atoms with Gasteiger partial charge in [0.2, 0.25) is 5.91 Å². The third-order valence-corrected chi connectivity index (χ3v) is 8.72. The molecule has 0 spiro atoms. The van der Waals surface area contributed by atoms with Crippen LogP contribution in [0, 0.1) is 17.3 Å². The highest BCUT2D eigenvalue weighted by atomic mass is 32.2. The quantitative estimate of drug-likeness (QED) is 0.746. The van der Waals surface area contributed by atoms with Crippen LogP contribution in [0.2, 0.25) is 0 Å². The van der Waals surface area contributed by atoms with E-state index in [4.69, 9.17) is 0 Å². The number of carbonyl (C=O) groups is 2. The average Bonchev–Trinajstić information content (AvgIpc) is 3.13. The lowest BCUT2D eigenvalue weighted by Gasteiger charge is -2.33. The van der Waals surface area contributed by atoms with Crippen molar-refractivity contribution in [3.05, 3.63) is 21.4 Å². The van der Waals surface area contributed by atoms with Crippen LogP contribution in [0.5, 0.6) is 0 Å². The fraction of sp³-hybridized carbons (Fsp3) is 0.684. The van der Waals surface area contributed by atoms with Crippen LogP contribution in [0.3, 0.4) is 0 Å². The number of hydrazine groups is 1. The molecule has 3 rings (SSSR count). The summed E-state index contributed by atoms with van der Waals surface area (Å²) < 4.78 is 22.9. The van der Waals surface area contributed by atoms with Crippen molar-refractivity contribution >= 4 is 33.0 Å². The summed E-state index contributed by atoms with van der Waals surface area (Å²) in [6.45, 7) is 6.77. The largest absolute Gasteiger partial charge is 0.279 e. The molecular weight excluding hydrogens is 384 g/mol. The molecule has 2 N–H and O–H groups in total. The van der Waals surface area contributed by atoms with E-state index in [1.807, 2.05) is 6.07 Å². The predicted molar refractivity (Wildman–Crippen MR) is 106 cm³/mol. The first-order chi connectivity index (χ1) is 12.5. The van der Waals surface area contributed by atoms with Gasteiger partial charge in [0.15, 0.2) is 9.84 Å². The SMILES string of the molecule is CC(C)(C)[C@H]1CCc2sc(C(=O)NNC(=O)C[C@H]3CCS(=O)(=O)C3)cc2C1. The van der Waals surface area contributed by atoms with Gasteiger partial charge in [-0.2, -0.15) is 0 Å². The Kier molecular flexibility index (Phi) is 5.68. The number of rotatable bonds is 3. The summed E-state index contributed by atoms with van der Waals surface area (Å²) in [4.78, 5) is 26.2. The number of hydrogen-bond acceptors (Lipinski definition) is 5.